The molecular formula is C22H50N4. The second kappa shape index (κ2) is 13.9. The Morgan fingerprint density at radius 1 is 0.423 bits per heavy atom. The lowest BCUT2D eigenvalue weighted by Crippen LogP contribution is -2.47. The summed E-state index contributed by atoms with van der Waals surface area (Å²) in [6.07, 6.45) is 0. The lowest BCUT2D eigenvalue weighted by Gasteiger charge is -2.36. The Bertz CT molecular complexity index is 284. The van der Waals surface area contributed by atoms with Gasteiger partial charge in [-0.1, -0.05) is 13.8 Å². The minimum atomic E-state index is 0.613. The van der Waals surface area contributed by atoms with Crippen molar-refractivity contribution >= 4 is 0 Å². The first-order chi connectivity index (χ1) is 12.1. The summed E-state index contributed by atoms with van der Waals surface area (Å²) in [5, 5.41) is 0. The van der Waals surface area contributed by atoms with Crippen LogP contribution in [0.1, 0.15) is 69.2 Å². The van der Waals surface area contributed by atoms with Gasteiger partial charge in [-0.3, -0.25) is 14.7 Å². The Labute approximate surface area is 165 Å². The zero-order chi connectivity index (χ0) is 20.3. The minimum Gasteiger partial charge on any atom is -0.303 e. The second-order valence-corrected chi connectivity index (χ2v) is 8.72. The fourth-order valence-electron chi connectivity index (χ4n) is 3.90. The van der Waals surface area contributed by atoms with Crippen molar-refractivity contribution in [1.29, 1.82) is 0 Å². The molecule has 0 aliphatic carbocycles. The highest BCUT2D eigenvalue weighted by Gasteiger charge is 2.18. The minimum absolute atomic E-state index is 0.613. The van der Waals surface area contributed by atoms with E-state index < -0.39 is 0 Å². The van der Waals surface area contributed by atoms with E-state index in [1.54, 1.807) is 0 Å². The third-order valence-electron chi connectivity index (χ3n) is 5.63. The number of hydrogen-bond acceptors (Lipinski definition) is 4. The SMILES string of the molecule is CCN(CC)CCN(CCN(C(C)C)C(C)C)CCN(C(C)C)C(C)C. The molecular weight excluding hydrogens is 320 g/mol. The summed E-state index contributed by atoms with van der Waals surface area (Å²) >= 11 is 0. The summed E-state index contributed by atoms with van der Waals surface area (Å²) in [7, 11) is 0. The van der Waals surface area contributed by atoms with E-state index in [-0.39, 0.29) is 0 Å². The molecule has 0 spiro atoms. The molecule has 0 fully saturated rings. The maximum absolute atomic E-state index is 2.69. The van der Waals surface area contributed by atoms with Crippen LogP contribution >= 0.6 is 0 Å². The van der Waals surface area contributed by atoms with Crippen LogP contribution in [0.15, 0.2) is 0 Å². The van der Waals surface area contributed by atoms with Gasteiger partial charge in [-0.15, -0.1) is 0 Å². The fourth-order valence-corrected chi connectivity index (χ4v) is 3.90. The smallest absolute Gasteiger partial charge is 0.0115 e. The first-order valence-electron chi connectivity index (χ1n) is 11.1. The third kappa shape index (κ3) is 10.2. The van der Waals surface area contributed by atoms with Gasteiger partial charge in [-0.2, -0.15) is 0 Å². The predicted molar refractivity (Wildman–Crippen MR) is 118 cm³/mol. The molecule has 0 amide bonds. The van der Waals surface area contributed by atoms with Crippen LogP contribution in [-0.4, -0.2) is 96.1 Å². The normalized spacial score (nSPS) is 13.2. The molecule has 4 nitrogen and oxygen atoms in total. The fraction of sp³-hybridized carbons (Fsp3) is 1.00. The summed E-state index contributed by atoms with van der Waals surface area (Å²) in [5.41, 5.74) is 0. The molecule has 158 valence electrons. The van der Waals surface area contributed by atoms with Crippen molar-refractivity contribution in [2.45, 2.75) is 93.4 Å². The Kier molecular flexibility index (Phi) is 13.8. The van der Waals surface area contributed by atoms with Crippen LogP contribution < -0.4 is 0 Å². The summed E-state index contributed by atoms with van der Waals surface area (Å²) in [5.74, 6) is 0. The molecule has 0 rings (SSSR count). The highest BCUT2D eigenvalue weighted by molar-refractivity contribution is 4.74. The zero-order valence-corrected chi connectivity index (χ0v) is 19.8. The molecule has 0 saturated heterocycles. The largest absolute Gasteiger partial charge is 0.303 e. The van der Waals surface area contributed by atoms with Crippen LogP contribution in [-0.2, 0) is 0 Å². The van der Waals surface area contributed by atoms with Crippen molar-refractivity contribution in [2.75, 3.05) is 52.4 Å². The Morgan fingerprint density at radius 3 is 0.962 bits per heavy atom. The summed E-state index contributed by atoms with van der Waals surface area (Å²) in [6.45, 7) is 32.4. The average molecular weight is 371 g/mol. The van der Waals surface area contributed by atoms with Crippen molar-refractivity contribution in [2.24, 2.45) is 0 Å². The van der Waals surface area contributed by atoms with Crippen molar-refractivity contribution < 1.29 is 0 Å². The molecule has 0 aromatic rings. The standard InChI is InChI=1S/C22H50N4/c1-11-23(12-2)13-14-24(15-17-25(19(3)4)20(5)6)16-18-26(21(7)8)22(9)10/h19-22H,11-18H2,1-10H3. The summed E-state index contributed by atoms with van der Waals surface area (Å²) in [4.78, 5) is 10.5. The lowest BCUT2D eigenvalue weighted by molar-refractivity contribution is 0.111. The monoisotopic (exact) mass is 370 g/mol. The van der Waals surface area contributed by atoms with Gasteiger partial charge in [0.05, 0.1) is 0 Å². The Morgan fingerprint density at radius 2 is 0.692 bits per heavy atom. The van der Waals surface area contributed by atoms with E-state index in [9.17, 15) is 0 Å². The van der Waals surface area contributed by atoms with Crippen molar-refractivity contribution in [1.82, 2.24) is 19.6 Å². The molecule has 0 aliphatic heterocycles. The molecule has 0 aromatic heterocycles. The van der Waals surface area contributed by atoms with Crippen LogP contribution in [0.4, 0.5) is 0 Å². The van der Waals surface area contributed by atoms with Crippen molar-refractivity contribution in [3.63, 3.8) is 0 Å². The predicted octanol–water partition coefficient (Wildman–Crippen LogP) is 3.87. The van der Waals surface area contributed by atoms with Crippen LogP contribution in [0.2, 0.25) is 0 Å². The Balaban J connectivity index is 4.82. The van der Waals surface area contributed by atoms with E-state index in [2.05, 4.69) is 88.8 Å². The lowest BCUT2D eigenvalue weighted by atomic mass is 10.2. The molecule has 0 saturated carbocycles. The second-order valence-electron chi connectivity index (χ2n) is 8.72. The first kappa shape index (κ1) is 25.8. The topological polar surface area (TPSA) is 13.0 Å². The molecule has 0 aliphatic rings. The van der Waals surface area contributed by atoms with E-state index in [1.165, 1.54) is 26.2 Å². The molecule has 0 bridgehead atoms. The molecule has 4 heteroatoms. The number of likely N-dealkylation sites (N-methyl/N-ethyl adjacent to an activating group) is 1. The zero-order valence-electron chi connectivity index (χ0n) is 19.8. The van der Waals surface area contributed by atoms with Gasteiger partial charge in [0.15, 0.2) is 0 Å². The van der Waals surface area contributed by atoms with Gasteiger partial charge in [0.25, 0.3) is 0 Å². The van der Waals surface area contributed by atoms with Gasteiger partial charge >= 0.3 is 0 Å². The quantitative estimate of drug-likeness (QED) is 0.434. The van der Waals surface area contributed by atoms with Gasteiger partial charge in [0.2, 0.25) is 0 Å². The van der Waals surface area contributed by atoms with Crippen molar-refractivity contribution in [3.05, 3.63) is 0 Å². The molecule has 0 radical (unpaired) electrons. The van der Waals surface area contributed by atoms with E-state index in [1.807, 2.05) is 0 Å². The van der Waals surface area contributed by atoms with Gasteiger partial charge in [0, 0.05) is 63.4 Å². The number of rotatable bonds is 15. The van der Waals surface area contributed by atoms with E-state index in [0.717, 1.165) is 26.2 Å². The molecule has 0 unspecified atom stereocenters. The number of hydrogen-bond donors (Lipinski definition) is 0. The first-order valence-corrected chi connectivity index (χ1v) is 11.1. The van der Waals surface area contributed by atoms with E-state index in [0.29, 0.717) is 24.2 Å². The summed E-state index contributed by atoms with van der Waals surface area (Å²) < 4.78 is 0. The average Bonchev–Trinajstić information content (AvgIpc) is 2.53. The number of nitrogens with zero attached hydrogens (tertiary/aromatic N) is 4. The highest BCUT2D eigenvalue weighted by atomic mass is 15.3. The molecule has 0 atom stereocenters. The maximum Gasteiger partial charge on any atom is 0.0115 e. The summed E-state index contributed by atoms with van der Waals surface area (Å²) in [6, 6.07) is 2.45. The Hall–Kier alpha value is -0.160. The van der Waals surface area contributed by atoms with Gasteiger partial charge < -0.3 is 4.90 Å². The van der Waals surface area contributed by atoms with E-state index in [4.69, 9.17) is 0 Å². The highest BCUT2D eigenvalue weighted by Crippen LogP contribution is 2.08. The van der Waals surface area contributed by atoms with Gasteiger partial charge in [-0.25, -0.2) is 0 Å². The van der Waals surface area contributed by atoms with Crippen molar-refractivity contribution in [3.8, 4) is 0 Å². The molecule has 0 N–H and O–H groups in total. The van der Waals surface area contributed by atoms with Crippen LogP contribution in [0, 0.1) is 0 Å². The van der Waals surface area contributed by atoms with Gasteiger partial charge in [-0.05, 0) is 68.5 Å². The van der Waals surface area contributed by atoms with Crippen LogP contribution in [0.5, 0.6) is 0 Å². The molecule has 0 heterocycles. The maximum atomic E-state index is 2.69. The molecule has 0 aromatic carbocycles. The van der Waals surface area contributed by atoms with Gasteiger partial charge in [0.1, 0.15) is 0 Å². The van der Waals surface area contributed by atoms with E-state index >= 15 is 0 Å². The van der Waals surface area contributed by atoms with Crippen LogP contribution in [0.3, 0.4) is 0 Å². The van der Waals surface area contributed by atoms with Crippen LogP contribution in [0.25, 0.3) is 0 Å². The third-order valence-corrected chi connectivity index (χ3v) is 5.63. The molecule has 26 heavy (non-hydrogen) atoms.